The van der Waals surface area contributed by atoms with Crippen LogP contribution in [0.25, 0.3) is 0 Å². The topological polar surface area (TPSA) is 105 Å². The van der Waals surface area contributed by atoms with Crippen molar-refractivity contribution < 1.29 is 12.8 Å². The van der Waals surface area contributed by atoms with Gasteiger partial charge in [0.15, 0.2) is 4.21 Å². The maximum atomic E-state index is 13.5. The third-order valence-corrected chi connectivity index (χ3v) is 5.23. The number of nitrogens with one attached hydrogen (secondary N) is 2. The Morgan fingerprint density at radius 3 is 2.68 bits per heavy atom. The summed E-state index contributed by atoms with van der Waals surface area (Å²) in [6.07, 6.45) is 0. The van der Waals surface area contributed by atoms with Crippen molar-refractivity contribution in [2.75, 3.05) is 10.5 Å². The fraction of sp³-hybridized carbons (Fsp3) is 0.100. The van der Waals surface area contributed by atoms with Crippen molar-refractivity contribution in [2.24, 2.45) is 0 Å². The second kappa shape index (κ2) is 4.67. The lowest BCUT2D eigenvalue weighted by Crippen LogP contribution is -2.14. The molecule has 0 aliphatic carbocycles. The number of halogens is 1. The number of benzene rings is 1. The lowest BCUT2D eigenvalue weighted by Gasteiger charge is -2.08. The first kappa shape index (κ1) is 13.6. The van der Waals surface area contributed by atoms with E-state index in [9.17, 15) is 17.6 Å². The number of H-pyrrole nitrogens is 1. The summed E-state index contributed by atoms with van der Waals surface area (Å²) in [6, 6.07) is 3.53. The molecule has 0 unspecified atom stereocenters. The number of nitrogen functional groups attached to an aromatic ring is 1. The van der Waals surface area contributed by atoms with Crippen LogP contribution in [-0.2, 0) is 10.0 Å². The molecule has 2 aromatic rings. The summed E-state index contributed by atoms with van der Waals surface area (Å²) in [4.78, 5) is 13.0. The van der Waals surface area contributed by atoms with Crippen molar-refractivity contribution in [3.05, 3.63) is 39.4 Å². The summed E-state index contributed by atoms with van der Waals surface area (Å²) in [5, 5.41) is 0. The van der Waals surface area contributed by atoms with Crippen molar-refractivity contribution in [1.82, 2.24) is 4.98 Å². The molecule has 102 valence electrons. The highest BCUT2D eigenvalue weighted by molar-refractivity contribution is 7.94. The number of rotatable bonds is 3. The van der Waals surface area contributed by atoms with Gasteiger partial charge in [-0.25, -0.2) is 12.8 Å². The molecular formula is C10H10FN3O3S2. The van der Waals surface area contributed by atoms with Crippen molar-refractivity contribution in [3.63, 3.8) is 0 Å². The van der Waals surface area contributed by atoms with Gasteiger partial charge in [0.1, 0.15) is 5.82 Å². The molecule has 4 N–H and O–H groups in total. The van der Waals surface area contributed by atoms with Crippen LogP contribution in [-0.4, -0.2) is 13.4 Å². The van der Waals surface area contributed by atoms with Crippen LogP contribution in [0.1, 0.15) is 5.69 Å². The number of aryl methyl sites for hydroxylation is 1. The first-order valence-electron chi connectivity index (χ1n) is 5.07. The quantitative estimate of drug-likeness (QED) is 0.742. The number of aromatic amines is 1. The molecule has 0 aliphatic heterocycles. The zero-order valence-corrected chi connectivity index (χ0v) is 11.4. The number of aromatic nitrogens is 1. The smallest absolute Gasteiger partial charge is 0.306 e. The number of nitrogens with two attached hydrogens (primary N) is 1. The highest BCUT2D eigenvalue weighted by Gasteiger charge is 2.22. The van der Waals surface area contributed by atoms with E-state index in [-0.39, 0.29) is 21.3 Å². The van der Waals surface area contributed by atoms with Gasteiger partial charge in [-0.05, 0) is 25.1 Å². The molecule has 0 spiro atoms. The lowest BCUT2D eigenvalue weighted by molar-refractivity contribution is 0.599. The van der Waals surface area contributed by atoms with E-state index in [1.807, 2.05) is 0 Å². The molecule has 0 fully saturated rings. The minimum absolute atomic E-state index is 0.181. The Kier molecular flexibility index (Phi) is 3.33. The molecule has 6 nitrogen and oxygen atoms in total. The Morgan fingerprint density at radius 1 is 1.42 bits per heavy atom. The molecule has 0 bridgehead atoms. The number of anilines is 2. The van der Waals surface area contributed by atoms with E-state index in [0.29, 0.717) is 11.3 Å². The highest BCUT2D eigenvalue weighted by atomic mass is 32.2. The Balaban J connectivity index is 2.45. The molecule has 1 aromatic carbocycles. The van der Waals surface area contributed by atoms with Crippen LogP contribution in [0.2, 0.25) is 0 Å². The summed E-state index contributed by atoms with van der Waals surface area (Å²) in [6.45, 7) is 1.45. The molecule has 0 saturated heterocycles. The molecule has 2 rings (SSSR count). The van der Waals surface area contributed by atoms with Gasteiger partial charge in [0.25, 0.3) is 10.0 Å². The summed E-state index contributed by atoms with van der Waals surface area (Å²) < 4.78 is 39.4. The second-order valence-electron chi connectivity index (χ2n) is 3.77. The minimum Gasteiger partial charge on any atom is -0.399 e. The van der Waals surface area contributed by atoms with Gasteiger partial charge < -0.3 is 10.7 Å². The maximum Gasteiger partial charge on any atom is 0.306 e. The Labute approximate surface area is 112 Å². The maximum absolute atomic E-state index is 13.5. The van der Waals surface area contributed by atoms with Gasteiger partial charge in [-0.3, -0.25) is 9.52 Å². The standard InChI is InChI=1S/C10H10FN3O3S2/c1-5-9(18-10(15)13-5)19(16,17)14-8-4-6(12)2-3-7(8)11/h2-4,14H,12H2,1H3,(H,13,15). The van der Waals surface area contributed by atoms with Gasteiger partial charge in [0.05, 0.1) is 5.69 Å². The predicted molar refractivity (Wildman–Crippen MR) is 71.3 cm³/mol. The monoisotopic (exact) mass is 303 g/mol. The molecule has 0 aliphatic rings. The highest BCUT2D eigenvalue weighted by Crippen LogP contribution is 2.23. The van der Waals surface area contributed by atoms with E-state index >= 15 is 0 Å². The summed E-state index contributed by atoms with van der Waals surface area (Å²) in [5.41, 5.74) is 5.62. The average molecular weight is 303 g/mol. The van der Waals surface area contributed by atoms with Crippen LogP contribution in [0, 0.1) is 12.7 Å². The molecule has 1 heterocycles. The summed E-state index contributed by atoms with van der Waals surface area (Å²) in [5.74, 6) is -0.752. The Bertz CT molecular complexity index is 780. The minimum atomic E-state index is -4.02. The van der Waals surface area contributed by atoms with Crippen LogP contribution < -0.4 is 15.3 Å². The van der Waals surface area contributed by atoms with Gasteiger partial charge in [-0.15, -0.1) is 0 Å². The van der Waals surface area contributed by atoms with Crippen LogP contribution in [0.15, 0.2) is 27.2 Å². The lowest BCUT2D eigenvalue weighted by atomic mass is 10.3. The van der Waals surface area contributed by atoms with E-state index in [0.717, 1.165) is 12.1 Å². The Hall–Kier alpha value is -1.87. The Morgan fingerprint density at radius 2 is 2.11 bits per heavy atom. The zero-order chi connectivity index (χ0) is 14.2. The normalized spacial score (nSPS) is 11.5. The number of thiazole rings is 1. The third-order valence-electron chi connectivity index (χ3n) is 2.26. The number of sulfonamides is 1. The molecule has 0 saturated carbocycles. The summed E-state index contributed by atoms with van der Waals surface area (Å²) in [7, 11) is -4.02. The molecule has 9 heteroatoms. The van der Waals surface area contributed by atoms with Crippen molar-refractivity contribution >= 4 is 32.7 Å². The van der Waals surface area contributed by atoms with E-state index in [4.69, 9.17) is 5.73 Å². The molecule has 19 heavy (non-hydrogen) atoms. The van der Waals surface area contributed by atoms with Crippen molar-refractivity contribution in [3.8, 4) is 0 Å². The van der Waals surface area contributed by atoms with Crippen LogP contribution in [0.3, 0.4) is 0 Å². The first-order chi connectivity index (χ1) is 8.79. The molecular weight excluding hydrogens is 293 g/mol. The molecule has 0 radical (unpaired) electrons. The molecule has 1 aromatic heterocycles. The molecule has 0 amide bonds. The van der Waals surface area contributed by atoms with Crippen LogP contribution in [0.5, 0.6) is 0 Å². The van der Waals surface area contributed by atoms with Gasteiger partial charge in [0.2, 0.25) is 0 Å². The van der Waals surface area contributed by atoms with E-state index < -0.39 is 20.7 Å². The van der Waals surface area contributed by atoms with Crippen molar-refractivity contribution in [2.45, 2.75) is 11.1 Å². The first-order valence-corrected chi connectivity index (χ1v) is 7.37. The molecule has 0 atom stereocenters. The van der Waals surface area contributed by atoms with E-state index in [1.165, 1.54) is 13.0 Å². The van der Waals surface area contributed by atoms with Gasteiger partial charge in [-0.1, -0.05) is 11.3 Å². The summed E-state index contributed by atoms with van der Waals surface area (Å²) >= 11 is 0.535. The predicted octanol–water partition coefficient (Wildman–Crippen LogP) is 1.27. The van der Waals surface area contributed by atoms with Crippen LogP contribution >= 0.6 is 11.3 Å². The average Bonchev–Trinajstić information content (AvgIpc) is 2.63. The van der Waals surface area contributed by atoms with Gasteiger partial charge in [-0.2, -0.15) is 0 Å². The SMILES string of the molecule is Cc1[nH]c(=O)sc1S(=O)(=O)Nc1cc(N)ccc1F. The van der Waals surface area contributed by atoms with E-state index in [1.54, 1.807) is 0 Å². The van der Waals surface area contributed by atoms with Crippen molar-refractivity contribution in [1.29, 1.82) is 0 Å². The fourth-order valence-corrected chi connectivity index (χ4v) is 3.82. The zero-order valence-electron chi connectivity index (χ0n) is 9.73. The fourth-order valence-electron chi connectivity index (χ4n) is 1.46. The number of hydrogen-bond acceptors (Lipinski definition) is 5. The van der Waals surface area contributed by atoms with Gasteiger partial charge in [0, 0.05) is 11.4 Å². The van der Waals surface area contributed by atoms with E-state index in [2.05, 4.69) is 9.71 Å². The number of hydrogen-bond donors (Lipinski definition) is 3. The van der Waals surface area contributed by atoms with Gasteiger partial charge >= 0.3 is 4.87 Å². The van der Waals surface area contributed by atoms with Crippen LogP contribution in [0.4, 0.5) is 15.8 Å². The third kappa shape index (κ3) is 2.76. The second-order valence-corrected chi connectivity index (χ2v) is 6.63. The largest absolute Gasteiger partial charge is 0.399 e.